The molecule has 1 heterocycles. The fraction of sp³-hybridized carbons (Fsp3) is 0.308. The first-order valence-corrected chi connectivity index (χ1v) is 12.4. The Morgan fingerprint density at radius 3 is 2.19 bits per heavy atom. The maximum Gasteiger partial charge on any atom is 0.243 e. The van der Waals surface area contributed by atoms with Gasteiger partial charge in [-0.15, -0.1) is 0 Å². The van der Waals surface area contributed by atoms with Crippen molar-refractivity contribution in [2.45, 2.75) is 38.0 Å². The van der Waals surface area contributed by atoms with E-state index in [1.54, 1.807) is 12.1 Å². The van der Waals surface area contributed by atoms with Gasteiger partial charge in [0, 0.05) is 0 Å². The molecule has 1 saturated heterocycles. The number of hydrogen-bond acceptors (Lipinski definition) is 4. The van der Waals surface area contributed by atoms with Crippen LogP contribution in [-0.2, 0) is 25.9 Å². The minimum atomic E-state index is -3.77. The van der Waals surface area contributed by atoms with Crippen LogP contribution in [0.15, 0.2) is 78.9 Å². The van der Waals surface area contributed by atoms with E-state index in [2.05, 4.69) is 20.8 Å². The third-order valence-electron chi connectivity index (χ3n) is 5.33. The van der Waals surface area contributed by atoms with Crippen LogP contribution in [-0.4, -0.2) is 27.7 Å². The Balaban J connectivity index is 1.84. The van der Waals surface area contributed by atoms with E-state index in [0.29, 0.717) is 30.3 Å². The monoisotopic (exact) mass is 451 g/mol. The van der Waals surface area contributed by atoms with Gasteiger partial charge in [-0.05, 0) is 40.8 Å². The van der Waals surface area contributed by atoms with Crippen LogP contribution in [0.5, 0.6) is 5.75 Å². The molecule has 6 heteroatoms. The Labute approximate surface area is 190 Å². The first-order valence-electron chi connectivity index (χ1n) is 10.7. The maximum absolute atomic E-state index is 13.8. The first-order chi connectivity index (χ1) is 15.2. The molecular weight excluding hydrogens is 422 g/mol. The van der Waals surface area contributed by atoms with Gasteiger partial charge in [0.05, 0.1) is 23.7 Å². The number of benzene rings is 3. The van der Waals surface area contributed by atoms with E-state index in [9.17, 15) is 8.42 Å². The van der Waals surface area contributed by atoms with Gasteiger partial charge in [-0.1, -0.05) is 75.4 Å². The molecule has 1 fully saturated rings. The quantitative estimate of drug-likeness (QED) is 0.429. The van der Waals surface area contributed by atoms with Gasteiger partial charge >= 0.3 is 0 Å². The average molecular weight is 452 g/mol. The zero-order valence-corrected chi connectivity index (χ0v) is 19.5. The summed E-state index contributed by atoms with van der Waals surface area (Å²) in [6, 6.07) is 24.2. The molecule has 5 nitrogen and oxygen atoms in total. The van der Waals surface area contributed by atoms with Crippen LogP contribution < -0.4 is 9.04 Å². The summed E-state index contributed by atoms with van der Waals surface area (Å²) in [6.45, 7) is 7.38. The van der Waals surface area contributed by atoms with Crippen LogP contribution in [0.4, 0.5) is 11.4 Å². The van der Waals surface area contributed by atoms with E-state index in [0.717, 1.165) is 11.1 Å². The Bertz CT molecular complexity index is 1150. The normalized spacial score (nSPS) is 15.9. The molecule has 3 aromatic rings. The number of para-hydroxylation sites is 1. The van der Waals surface area contributed by atoms with Crippen LogP contribution in [0.1, 0.15) is 31.9 Å². The molecule has 168 valence electrons. The topological polar surface area (TPSA) is 59.1 Å². The van der Waals surface area contributed by atoms with Crippen LogP contribution in [0, 0.1) is 0 Å². The van der Waals surface area contributed by atoms with E-state index in [1.807, 2.05) is 66.7 Å². The molecule has 0 saturated carbocycles. The lowest BCUT2D eigenvalue weighted by molar-refractivity contribution is 0.263. The van der Waals surface area contributed by atoms with Crippen molar-refractivity contribution < 1.29 is 17.9 Å². The minimum absolute atomic E-state index is 0.0660. The van der Waals surface area contributed by atoms with E-state index in [4.69, 9.17) is 9.47 Å². The van der Waals surface area contributed by atoms with Crippen molar-refractivity contribution in [2.24, 2.45) is 0 Å². The van der Waals surface area contributed by atoms with Crippen molar-refractivity contribution in [1.29, 1.82) is 0 Å². The van der Waals surface area contributed by atoms with Crippen molar-refractivity contribution in [2.75, 3.05) is 17.5 Å². The second kappa shape index (κ2) is 8.96. The summed E-state index contributed by atoms with van der Waals surface area (Å²) in [7, 11) is -3.77. The third kappa shape index (κ3) is 5.31. The molecule has 0 N–H and O–H groups in total. The molecule has 0 bridgehead atoms. The highest BCUT2D eigenvalue weighted by Gasteiger charge is 2.30. The molecular formula is C26H29NO4S. The zero-order chi connectivity index (χ0) is 22.8. The number of sulfonamides is 1. The first kappa shape index (κ1) is 22.4. The average Bonchev–Trinajstić information content (AvgIpc) is 3.58. The van der Waals surface area contributed by atoms with Gasteiger partial charge in [0.2, 0.25) is 10.0 Å². The molecule has 1 unspecified atom stereocenters. The standard InChI is InChI=1S/C26H29NO4S/c1-26(2,3)21-14-15-25(31-18-23-17-30-23)24(16-21)27(22-12-8-5-9-13-22)32(28,29)19-20-10-6-4-7-11-20/h4-16,23H,17-19H2,1-3H3. The molecule has 4 rings (SSSR count). The van der Waals surface area contributed by atoms with Gasteiger partial charge < -0.3 is 9.47 Å². The van der Waals surface area contributed by atoms with Crippen LogP contribution in [0.3, 0.4) is 0 Å². The molecule has 0 aliphatic carbocycles. The number of ether oxygens (including phenoxy) is 2. The van der Waals surface area contributed by atoms with Crippen molar-refractivity contribution in [3.63, 3.8) is 0 Å². The lowest BCUT2D eigenvalue weighted by Crippen LogP contribution is -2.28. The molecule has 3 aromatic carbocycles. The summed E-state index contributed by atoms with van der Waals surface area (Å²) in [4.78, 5) is 0. The zero-order valence-electron chi connectivity index (χ0n) is 18.7. The summed E-state index contributed by atoms with van der Waals surface area (Å²) < 4.78 is 40.4. The van der Waals surface area contributed by atoms with Crippen LogP contribution in [0.25, 0.3) is 0 Å². The van der Waals surface area contributed by atoms with Gasteiger partial charge in [-0.2, -0.15) is 0 Å². The molecule has 32 heavy (non-hydrogen) atoms. The highest BCUT2D eigenvalue weighted by molar-refractivity contribution is 7.92. The molecule has 0 radical (unpaired) electrons. The van der Waals surface area contributed by atoms with E-state index in [1.165, 1.54) is 4.31 Å². The van der Waals surface area contributed by atoms with Gasteiger partial charge in [-0.25, -0.2) is 12.7 Å². The third-order valence-corrected chi connectivity index (χ3v) is 6.99. The summed E-state index contributed by atoms with van der Waals surface area (Å²) in [5, 5.41) is 0. The molecule has 1 atom stereocenters. The van der Waals surface area contributed by atoms with E-state index < -0.39 is 10.0 Å². The summed E-state index contributed by atoms with van der Waals surface area (Å²) >= 11 is 0. The van der Waals surface area contributed by atoms with Crippen molar-refractivity contribution in [1.82, 2.24) is 0 Å². The maximum atomic E-state index is 13.8. The highest BCUT2D eigenvalue weighted by atomic mass is 32.2. The van der Waals surface area contributed by atoms with Gasteiger partial charge in [0.25, 0.3) is 0 Å². The highest BCUT2D eigenvalue weighted by Crippen LogP contribution is 2.40. The second-order valence-electron chi connectivity index (χ2n) is 9.04. The number of hydrogen-bond donors (Lipinski definition) is 0. The summed E-state index contributed by atoms with van der Waals surface area (Å²) in [5.74, 6) is 0.405. The Morgan fingerprint density at radius 2 is 1.59 bits per heavy atom. The van der Waals surface area contributed by atoms with Gasteiger partial charge in [-0.3, -0.25) is 0 Å². The number of anilines is 2. The Hall–Kier alpha value is -2.83. The number of epoxide rings is 1. The smallest absolute Gasteiger partial charge is 0.243 e. The number of rotatable bonds is 8. The minimum Gasteiger partial charge on any atom is -0.489 e. The van der Waals surface area contributed by atoms with Crippen molar-refractivity contribution in [3.05, 3.63) is 90.0 Å². The predicted molar refractivity (Wildman–Crippen MR) is 128 cm³/mol. The van der Waals surface area contributed by atoms with Crippen molar-refractivity contribution in [3.8, 4) is 5.75 Å². The molecule has 0 amide bonds. The SMILES string of the molecule is CC(C)(C)c1ccc(OCC2CO2)c(N(c2ccccc2)S(=O)(=O)Cc2ccccc2)c1. The van der Waals surface area contributed by atoms with Crippen molar-refractivity contribution >= 4 is 21.4 Å². The van der Waals surface area contributed by atoms with Crippen LogP contribution >= 0.6 is 0 Å². The molecule has 0 spiro atoms. The lowest BCUT2D eigenvalue weighted by Gasteiger charge is -2.29. The van der Waals surface area contributed by atoms with Gasteiger partial charge in [0.1, 0.15) is 18.5 Å². The fourth-order valence-electron chi connectivity index (χ4n) is 3.47. The Morgan fingerprint density at radius 1 is 0.969 bits per heavy atom. The number of nitrogens with zero attached hydrogens (tertiary/aromatic N) is 1. The lowest BCUT2D eigenvalue weighted by atomic mass is 9.87. The van der Waals surface area contributed by atoms with E-state index in [-0.39, 0.29) is 17.3 Å². The molecule has 1 aliphatic heterocycles. The largest absolute Gasteiger partial charge is 0.489 e. The Kier molecular flexibility index (Phi) is 6.26. The predicted octanol–water partition coefficient (Wildman–Crippen LogP) is 5.43. The second-order valence-corrected chi connectivity index (χ2v) is 10.9. The van der Waals surface area contributed by atoms with E-state index >= 15 is 0 Å². The van der Waals surface area contributed by atoms with Gasteiger partial charge in [0.15, 0.2) is 0 Å². The molecule has 1 aliphatic rings. The summed E-state index contributed by atoms with van der Waals surface area (Å²) in [5.41, 5.74) is 2.69. The summed E-state index contributed by atoms with van der Waals surface area (Å²) in [6.07, 6.45) is 0.0660. The fourth-order valence-corrected chi connectivity index (χ4v) is 5.10. The molecule has 0 aromatic heterocycles. The van der Waals surface area contributed by atoms with Crippen LogP contribution in [0.2, 0.25) is 0 Å².